The summed E-state index contributed by atoms with van der Waals surface area (Å²) in [6.45, 7) is 2.78. The summed E-state index contributed by atoms with van der Waals surface area (Å²) in [6.07, 6.45) is 0.725. The highest BCUT2D eigenvalue weighted by Crippen LogP contribution is 2.28. The van der Waals surface area contributed by atoms with Crippen molar-refractivity contribution < 1.29 is 14.4 Å². The van der Waals surface area contributed by atoms with Crippen molar-refractivity contribution in [1.82, 2.24) is 5.32 Å². The molecule has 0 spiro atoms. The third kappa shape index (κ3) is 4.50. The molecule has 0 aliphatic carbocycles. The molecule has 1 aromatic rings. The van der Waals surface area contributed by atoms with Crippen molar-refractivity contribution >= 4 is 5.69 Å². The molecule has 0 saturated heterocycles. The molecule has 1 aromatic carbocycles. The molecule has 0 bridgehead atoms. The van der Waals surface area contributed by atoms with E-state index in [2.05, 4.69) is 5.32 Å². The van der Waals surface area contributed by atoms with Crippen LogP contribution in [0.2, 0.25) is 0 Å². The lowest BCUT2D eigenvalue weighted by Crippen LogP contribution is -2.32. The van der Waals surface area contributed by atoms with Crippen LogP contribution in [0.25, 0.3) is 0 Å². The molecule has 0 saturated carbocycles. The van der Waals surface area contributed by atoms with Crippen molar-refractivity contribution in [2.75, 3.05) is 27.4 Å². The molecule has 0 aromatic heterocycles. The third-order valence-electron chi connectivity index (χ3n) is 2.78. The Balaban J connectivity index is 2.91. The second kappa shape index (κ2) is 7.70. The summed E-state index contributed by atoms with van der Waals surface area (Å²) < 4.78 is 10.4. The number of hydrogen-bond donors (Lipinski definition) is 1. The Morgan fingerprint density at radius 1 is 1.47 bits per heavy atom. The zero-order valence-electron chi connectivity index (χ0n) is 11.5. The Bertz CT molecular complexity index is 423. The zero-order chi connectivity index (χ0) is 14.3. The van der Waals surface area contributed by atoms with E-state index in [1.807, 2.05) is 7.05 Å². The van der Waals surface area contributed by atoms with Gasteiger partial charge in [0.2, 0.25) is 0 Å². The van der Waals surface area contributed by atoms with Crippen molar-refractivity contribution in [2.24, 2.45) is 0 Å². The average molecular weight is 268 g/mol. The smallest absolute Gasteiger partial charge is 0.310 e. The van der Waals surface area contributed by atoms with E-state index >= 15 is 0 Å². The summed E-state index contributed by atoms with van der Waals surface area (Å²) in [5.41, 5.74) is 0.976. The van der Waals surface area contributed by atoms with Gasteiger partial charge in [-0.25, -0.2) is 0 Å². The van der Waals surface area contributed by atoms with Gasteiger partial charge in [0.1, 0.15) is 0 Å². The highest BCUT2D eigenvalue weighted by Gasteiger charge is 2.16. The number of likely N-dealkylation sites (N-methyl/N-ethyl adjacent to an activating group) is 1. The van der Waals surface area contributed by atoms with Gasteiger partial charge < -0.3 is 14.8 Å². The topological polar surface area (TPSA) is 73.6 Å². The summed E-state index contributed by atoms with van der Waals surface area (Å²) in [7, 11) is 3.50. The number of benzene rings is 1. The van der Waals surface area contributed by atoms with Crippen LogP contribution in [0, 0.1) is 10.1 Å². The first-order valence-electron chi connectivity index (χ1n) is 6.18. The molecule has 6 heteroatoms. The monoisotopic (exact) mass is 268 g/mol. The summed E-state index contributed by atoms with van der Waals surface area (Å²) >= 11 is 0. The van der Waals surface area contributed by atoms with Crippen LogP contribution in [0.5, 0.6) is 5.75 Å². The van der Waals surface area contributed by atoms with E-state index in [1.165, 1.54) is 6.07 Å². The van der Waals surface area contributed by atoms with E-state index in [9.17, 15) is 10.1 Å². The number of nitro groups is 1. The Labute approximate surface area is 112 Å². The highest BCUT2D eigenvalue weighted by atomic mass is 16.6. The molecular formula is C13H20N2O4. The van der Waals surface area contributed by atoms with Gasteiger partial charge >= 0.3 is 5.69 Å². The minimum Gasteiger partial charge on any atom is -0.487 e. The largest absolute Gasteiger partial charge is 0.487 e. The number of nitrogens with one attached hydrogen (secondary N) is 1. The zero-order valence-corrected chi connectivity index (χ0v) is 11.5. The number of rotatable bonds is 8. The number of nitro benzene ring substituents is 1. The van der Waals surface area contributed by atoms with Crippen LogP contribution >= 0.6 is 0 Å². The van der Waals surface area contributed by atoms with Gasteiger partial charge in [-0.1, -0.05) is 6.07 Å². The van der Waals surface area contributed by atoms with Gasteiger partial charge in [-0.2, -0.15) is 0 Å². The Hall–Kier alpha value is -1.66. The lowest BCUT2D eigenvalue weighted by molar-refractivity contribution is -0.385. The molecule has 0 heterocycles. The number of nitrogens with zero attached hydrogens (tertiary/aromatic N) is 1. The second-order valence-corrected chi connectivity index (χ2v) is 4.14. The first kappa shape index (κ1) is 15.4. The van der Waals surface area contributed by atoms with Crippen LogP contribution in [-0.4, -0.2) is 38.3 Å². The lowest BCUT2D eigenvalue weighted by atomic mass is 10.1. The van der Waals surface area contributed by atoms with E-state index in [4.69, 9.17) is 9.47 Å². The van der Waals surface area contributed by atoms with Gasteiger partial charge in [-0.3, -0.25) is 10.1 Å². The van der Waals surface area contributed by atoms with Gasteiger partial charge in [-0.05, 0) is 32.0 Å². The second-order valence-electron chi connectivity index (χ2n) is 4.14. The number of ether oxygens (including phenoxy) is 2. The van der Waals surface area contributed by atoms with Crippen molar-refractivity contribution in [3.63, 3.8) is 0 Å². The first-order valence-corrected chi connectivity index (χ1v) is 6.18. The van der Waals surface area contributed by atoms with Gasteiger partial charge in [-0.15, -0.1) is 0 Å². The average Bonchev–Trinajstić information content (AvgIpc) is 2.38. The molecule has 0 fully saturated rings. The lowest BCUT2D eigenvalue weighted by Gasteiger charge is -2.15. The SMILES string of the molecule is CCOc1cc(CC(COC)NC)ccc1[N+](=O)[O-]. The van der Waals surface area contributed by atoms with Crippen LogP contribution in [0.1, 0.15) is 12.5 Å². The fraction of sp³-hybridized carbons (Fsp3) is 0.538. The minimum atomic E-state index is -0.431. The summed E-state index contributed by atoms with van der Waals surface area (Å²) in [5.74, 6) is 0.317. The molecule has 106 valence electrons. The van der Waals surface area contributed by atoms with Gasteiger partial charge in [0.15, 0.2) is 5.75 Å². The van der Waals surface area contributed by atoms with Crippen molar-refractivity contribution in [1.29, 1.82) is 0 Å². The fourth-order valence-corrected chi connectivity index (χ4v) is 1.84. The van der Waals surface area contributed by atoms with Crippen LogP contribution in [-0.2, 0) is 11.2 Å². The molecule has 0 aliphatic heterocycles. The molecule has 0 amide bonds. The predicted molar refractivity (Wildman–Crippen MR) is 72.7 cm³/mol. The molecule has 6 nitrogen and oxygen atoms in total. The van der Waals surface area contributed by atoms with Crippen LogP contribution in [0.15, 0.2) is 18.2 Å². The quantitative estimate of drug-likeness (QED) is 0.574. The summed E-state index contributed by atoms with van der Waals surface area (Å²) in [4.78, 5) is 10.5. The van der Waals surface area contributed by atoms with Crippen molar-refractivity contribution in [2.45, 2.75) is 19.4 Å². The Morgan fingerprint density at radius 2 is 2.21 bits per heavy atom. The van der Waals surface area contributed by atoms with E-state index in [0.717, 1.165) is 12.0 Å². The number of hydrogen-bond acceptors (Lipinski definition) is 5. The molecular weight excluding hydrogens is 248 g/mol. The van der Waals surface area contributed by atoms with Gasteiger partial charge in [0.05, 0.1) is 18.1 Å². The maximum atomic E-state index is 10.9. The van der Waals surface area contributed by atoms with E-state index in [-0.39, 0.29) is 11.7 Å². The molecule has 0 aliphatic rings. The highest BCUT2D eigenvalue weighted by molar-refractivity contribution is 5.48. The predicted octanol–water partition coefficient (Wildman–Crippen LogP) is 1.77. The van der Waals surface area contributed by atoms with Crippen LogP contribution in [0.3, 0.4) is 0 Å². The Kier molecular flexibility index (Phi) is 6.24. The summed E-state index contributed by atoms with van der Waals surface area (Å²) in [6, 6.07) is 5.13. The maximum Gasteiger partial charge on any atom is 0.310 e. The van der Waals surface area contributed by atoms with Crippen LogP contribution in [0.4, 0.5) is 5.69 Å². The maximum absolute atomic E-state index is 10.9. The van der Waals surface area contributed by atoms with Crippen molar-refractivity contribution in [3.8, 4) is 5.75 Å². The fourth-order valence-electron chi connectivity index (χ4n) is 1.84. The summed E-state index contributed by atoms with van der Waals surface area (Å²) in [5, 5.41) is 14.0. The number of methoxy groups -OCH3 is 1. The third-order valence-corrected chi connectivity index (χ3v) is 2.78. The molecule has 0 radical (unpaired) electrons. The van der Waals surface area contributed by atoms with E-state index in [1.54, 1.807) is 26.2 Å². The molecule has 1 rings (SSSR count). The van der Waals surface area contributed by atoms with Gasteiger partial charge in [0, 0.05) is 19.2 Å². The standard InChI is InChI=1S/C13H20N2O4/c1-4-19-13-8-10(5-6-12(13)15(16)17)7-11(14-2)9-18-3/h5-6,8,11,14H,4,7,9H2,1-3H3. The van der Waals surface area contributed by atoms with Gasteiger partial charge in [0.25, 0.3) is 0 Å². The van der Waals surface area contributed by atoms with Crippen molar-refractivity contribution in [3.05, 3.63) is 33.9 Å². The Morgan fingerprint density at radius 3 is 2.74 bits per heavy atom. The molecule has 1 unspecified atom stereocenters. The van der Waals surface area contributed by atoms with Crippen LogP contribution < -0.4 is 10.1 Å². The molecule has 19 heavy (non-hydrogen) atoms. The minimum absolute atomic E-state index is 0.00153. The van der Waals surface area contributed by atoms with E-state index in [0.29, 0.717) is 19.0 Å². The normalized spacial score (nSPS) is 12.2. The molecule has 1 atom stereocenters. The first-order chi connectivity index (χ1) is 9.12. The molecule has 1 N–H and O–H groups in total. The van der Waals surface area contributed by atoms with E-state index < -0.39 is 4.92 Å².